The molecule has 404 valence electrons. The normalized spacial score (nSPS) is 12.8. The summed E-state index contributed by atoms with van der Waals surface area (Å²) in [6.45, 7) is 7.66. The van der Waals surface area contributed by atoms with Gasteiger partial charge in [0, 0.05) is 19.4 Å². The zero-order valence-electron chi connectivity index (χ0n) is 46.5. The first kappa shape index (κ1) is 67.1. The molecule has 0 saturated heterocycles. The first-order valence-electron chi connectivity index (χ1n) is 30.1. The maximum Gasteiger partial charge on any atom is 0.306 e. The first-order chi connectivity index (χ1) is 34.6. The maximum atomic E-state index is 12.9. The number of ether oxygens (including phenoxy) is 3. The van der Waals surface area contributed by atoms with Crippen molar-refractivity contribution in [2.24, 2.45) is 0 Å². The third-order valence-electron chi connectivity index (χ3n) is 12.9. The minimum Gasteiger partial charge on any atom is -0.462 e. The Bertz CT molecular complexity index is 1290. The largest absolute Gasteiger partial charge is 0.462 e. The Morgan fingerprint density at radius 1 is 0.329 bits per heavy atom. The van der Waals surface area contributed by atoms with Crippen molar-refractivity contribution < 1.29 is 23.8 Å². The van der Waals surface area contributed by atoms with Crippen LogP contribution in [0.5, 0.6) is 0 Å². The van der Waals surface area contributed by atoms with E-state index in [4.69, 9.17) is 14.2 Å². The highest BCUT2D eigenvalue weighted by molar-refractivity contribution is 5.70. The second-order valence-corrected chi connectivity index (χ2v) is 19.9. The molecule has 0 bridgehead atoms. The highest BCUT2D eigenvalue weighted by atomic mass is 16.6. The molecule has 0 spiro atoms. The number of carbonyl (C=O) groups excluding carboxylic acids is 2. The minimum atomic E-state index is -0.572. The lowest BCUT2D eigenvalue weighted by molar-refractivity contribution is -0.162. The van der Waals surface area contributed by atoms with Crippen molar-refractivity contribution in [2.45, 2.75) is 297 Å². The molecule has 0 radical (unpaired) electrons. The van der Waals surface area contributed by atoms with Crippen LogP contribution in [-0.4, -0.2) is 37.9 Å². The molecule has 0 aromatic carbocycles. The smallest absolute Gasteiger partial charge is 0.306 e. The summed E-state index contributed by atoms with van der Waals surface area (Å²) in [5, 5.41) is 0. The SMILES string of the molecule is CC/C=C\C/C=C\C/C=C\C/C=C\C/C=C\C/C=C\CCC(=O)OCC(COCCCCCCCC/C=C\CCCCCCCC)OC(=O)CCCCCCCCCCCCCCCCCCCCC. The molecule has 0 aliphatic rings. The molecular weight excluding hydrogens is 861 g/mol. The van der Waals surface area contributed by atoms with Gasteiger partial charge in [-0.25, -0.2) is 0 Å². The molecule has 70 heavy (non-hydrogen) atoms. The lowest BCUT2D eigenvalue weighted by atomic mass is 10.0. The predicted molar refractivity (Wildman–Crippen MR) is 307 cm³/mol. The first-order valence-corrected chi connectivity index (χ1v) is 30.1. The van der Waals surface area contributed by atoms with E-state index < -0.39 is 6.10 Å². The Morgan fingerprint density at radius 3 is 1.09 bits per heavy atom. The van der Waals surface area contributed by atoms with Crippen molar-refractivity contribution in [3.05, 3.63) is 85.1 Å². The Kier molecular flexibility index (Phi) is 57.9. The van der Waals surface area contributed by atoms with E-state index in [-0.39, 0.29) is 25.2 Å². The Morgan fingerprint density at radius 2 is 0.671 bits per heavy atom. The molecular formula is C65H114O5. The number of carbonyl (C=O) groups is 2. The lowest BCUT2D eigenvalue weighted by Crippen LogP contribution is -2.30. The Hall–Kier alpha value is -2.92. The van der Waals surface area contributed by atoms with Crippen LogP contribution in [0.1, 0.15) is 290 Å². The maximum absolute atomic E-state index is 12.9. The summed E-state index contributed by atoms with van der Waals surface area (Å²) < 4.78 is 17.4. The van der Waals surface area contributed by atoms with Crippen LogP contribution in [0.25, 0.3) is 0 Å². The van der Waals surface area contributed by atoms with Crippen LogP contribution in [-0.2, 0) is 23.8 Å². The average molecular weight is 976 g/mol. The third kappa shape index (κ3) is 57.7. The van der Waals surface area contributed by atoms with E-state index in [2.05, 4.69) is 99.8 Å². The quantitative estimate of drug-likeness (QED) is 0.0345. The molecule has 0 aliphatic heterocycles. The number of hydrogen-bond acceptors (Lipinski definition) is 5. The van der Waals surface area contributed by atoms with Crippen LogP contribution >= 0.6 is 0 Å². The van der Waals surface area contributed by atoms with Gasteiger partial charge in [0.05, 0.1) is 6.61 Å². The second-order valence-electron chi connectivity index (χ2n) is 19.9. The van der Waals surface area contributed by atoms with Crippen molar-refractivity contribution in [1.29, 1.82) is 0 Å². The zero-order valence-corrected chi connectivity index (χ0v) is 46.5. The molecule has 5 heteroatoms. The summed E-state index contributed by atoms with van der Waals surface area (Å²) in [6.07, 6.45) is 80.5. The average Bonchev–Trinajstić information content (AvgIpc) is 3.36. The summed E-state index contributed by atoms with van der Waals surface area (Å²) in [4.78, 5) is 25.5. The van der Waals surface area contributed by atoms with Gasteiger partial charge < -0.3 is 14.2 Å². The third-order valence-corrected chi connectivity index (χ3v) is 12.9. The van der Waals surface area contributed by atoms with E-state index in [0.717, 1.165) is 64.2 Å². The summed E-state index contributed by atoms with van der Waals surface area (Å²) in [5.41, 5.74) is 0. The topological polar surface area (TPSA) is 61.8 Å². The van der Waals surface area contributed by atoms with E-state index in [1.807, 2.05) is 6.08 Å². The van der Waals surface area contributed by atoms with Gasteiger partial charge in [0.15, 0.2) is 6.10 Å². The van der Waals surface area contributed by atoms with Gasteiger partial charge in [0.25, 0.3) is 0 Å². The van der Waals surface area contributed by atoms with Crippen molar-refractivity contribution in [3.8, 4) is 0 Å². The Labute approximate surface area is 435 Å². The van der Waals surface area contributed by atoms with E-state index in [1.54, 1.807) is 0 Å². The number of rotatable bonds is 55. The van der Waals surface area contributed by atoms with Crippen molar-refractivity contribution in [1.82, 2.24) is 0 Å². The van der Waals surface area contributed by atoms with E-state index >= 15 is 0 Å². The monoisotopic (exact) mass is 975 g/mol. The fourth-order valence-corrected chi connectivity index (χ4v) is 8.47. The van der Waals surface area contributed by atoms with Crippen molar-refractivity contribution in [2.75, 3.05) is 19.8 Å². The van der Waals surface area contributed by atoms with Gasteiger partial charge in [-0.1, -0.05) is 279 Å². The summed E-state index contributed by atoms with van der Waals surface area (Å²) >= 11 is 0. The highest BCUT2D eigenvalue weighted by Gasteiger charge is 2.17. The zero-order chi connectivity index (χ0) is 50.6. The molecule has 0 aromatic heterocycles. The fourth-order valence-electron chi connectivity index (χ4n) is 8.47. The van der Waals surface area contributed by atoms with Gasteiger partial charge in [-0.2, -0.15) is 0 Å². The van der Waals surface area contributed by atoms with Gasteiger partial charge >= 0.3 is 11.9 Å². The fraction of sp³-hybridized carbons (Fsp3) is 0.754. The summed E-state index contributed by atoms with van der Waals surface area (Å²) in [6, 6.07) is 0. The van der Waals surface area contributed by atoms with Crippen LogP contribution in [0.4, 0.5) is 0 Å². The highest BCUT2D eigenvalue weighted by Crippen LogP contribution is 2.16. The number of hydrogen-bond donors (Lipinski definition) is 0. The molecule has 1 unspecified atom stereocenters. The molecule has 0 aromatic rings. The van der Waals surface area contributed by atoms with Crippen molar-refractivity contribution >= 4 is 11.9 Å². The van der Waals surface area contributed by atoms with Gasteiger partial charge in [0.2, 0.25) is 0 Å². The van der Waals surface area contributed by atoms with Gasteiger partial charge in [-0.15, -0.1) is 0 Å². The standard InChI is InChI=1S/C65H114O5/c1-4-7-10-13-16-19-22-25-28-31-33-35-37-40-43-46-49-52-55-58-64(66)69-62-63(61-68-60-57-54-51-48-45-42-39-30-27-24-21-18-15-12-9-6-3)70-65(67)59-56-53-50-47-44-41-38-36-34-32-29-26-23-20-17-14-11-8-5-2/h7,10,16,19,25,27-28,30,33,35,40,43,49,52,63H,4-6,8-9,11-15,17-18,20-24,26,29,31-32,34,36-39,41-42,44-48,50-51,53-62H2,1-3H3/b10-7-,19-16-,28-25-,30-27-,35-33-,43-40-,52-49-. The molecule has 0 fully saturated rings. The number of esters is 2. The Balaban J connectivity index is 4.37. The molecule has 0 N–H and O–H groups in total. The summed E-state index contributed by atoms with van der Waals surface area (Å²) in [7, 11) is 0. The van der Waals surface area contributed by atoms with E-state index in [0.29, 0.717) is 25.9 Å². The molecule has 1 atom stereocenters. The molecule has 0 heterocycles. The molecule has 0 saturated carbocycles. The second kappa shape index (κ2) is 60.4. The van der Waals surface area contributed by atoms with Crippen LogP contribution in [0.15, 0.2) is 85.1 Å². The van der Waals surface area contributed by atoms with Crippen LogP contribution in [0.3, 0.4) is 0 Å². The number of unbranched alkanes of at least 4 members (excludes halogenated alkanes) is 30. The van der Waals surface area contributed by atoms with Gasteiger partial charge in [-0.3, -0.25) is 9.59 Å². The van der Waals surface area contributed by atoms with E-state index in [9.17, 15) is 9.59 Å². The van der Waals surface area contributed by atoms with Crippen LogP contribution in [0.2, 0.25) is 0 Å². The minimum absolute atomic E-state index is 0.0426. The van der Waals surface area contributed by atoms with E-state index in [1.165, 1.54) is 186 Å². The summed E-state index contributed by atoms with van der Waals surface area (Å²) in [5.74, 6) is -0.487. The van der Waals surface area contributed by atoms with Gasteiger partial charge in [-0.05, 0) is 83.5 Å². The number of allylic oxidation sites excluding steroid dienone is 14. The lowest BCUT2D eigenvalue weighted by Gasteiger charge is -2.18. The molecule has 0 aliphatic carbocycles. The molecule has 0 amide bonds. The predicted octanol–water partition coefficient (Wildman–Crippen LogP) is 20.8. The van der Waals surface area contributed by atoms with Crippen LogP contribution in [0, 0.1) is 0 Å². The van der Waals surface area contributed by atoms with Crippen molar-refractivity contribution in [3.63, 3.8) is 0 Å². The van der Waals surface area contributed by atoms with Gasteiger partial charge in [0.1, 0.15) is 6.61 Å². The molecule has 5 nitrogen and oxygen atoms in total. The van der Waals surface area contributed by atoms with Crippen LogP contribution < -0.4 is 0 Å². The molecule has 0 rings (SSSR count).